The number of para-hydroxylation sites is 1. The maximum Gasteiger partial charge on any atom is 0.271 e. The van der Waals surface area contributed by atoms with Crippen LogP contribution < -0.4 is 4.90 Å². The number of hydrogen-bond donors (Lipinski definition) is 0. The molecule has 5 heteroatoms. The number of anilines is 1. The molecule has 122 valence electrons. The molecule has 2 aliphatic heterocycles. The molecule has 0 N–H and O–H groups in total. The van der Waals surface area contributed by atoms with Gasteiger partial charge in [0.2, 0.25) is 0 Å². The molecule has 1 atom stereocenters. The normalized spacial score (nSPS) is 23.9. The van der Waals surface area contributed by atoms with Gasteiger partial charge in [-0.1, -0.05) is 36.4 Å². The van der Waals surface area contributed by atoms with E-state index >= 15 is 0 Å². The van der Waals surface area contributed by atoms with Crippen molar-refractivity contribution in [2.24, 2.45) is 0 Å². The Hall–Kier alpha value is -2.50. The van der Waals surface area contributed by atoms with Crippen LogP contribution in [0, 0.1) is 0 Å². The number of carbonyl (C=O) groups is 2. The van der Waals surface area contributed by atoms with Crippen LogP contribution in [-0.4, -0.2) is 31.6 Å². The van der Waals surface area contributed by atoms with E-state index in [0.717, 1.165) is 0 Å². The van der Waals surface area contributed by atoms with E-state index in [4.69, 9.17) is 9.47 Å². The fraction of sp³-hybridized carbons (Fsp3) is 0.263. The minimum Gasteiger partial charge on any atom is -0.379 e. The van der Waals surface area contributed by atoms with Crippen molar-refractivity contribution in [1.82, 2.24) is 0 Å². The first kappa shape index (κ1) is 15.1. The lowest BCUT2D eigenvalue weighted by molar-refractivity contribution is -0.145. The van der Waals surface area contributed by atoms with E-state index in [9.17, 15) is 9.59 Å². The first-order valence-electron chi connectivity index (χ1n) is 7.99. The average Bonchev–Trinajstić information content (AvgIpc) is 2.88. The molecule has 5 nitrogen and oxygen atoms in total. The van der Waals surface area contributed by atoms with Crippen LogP contribution in [0.5, 0.6) is 0 Å². The lowest BCUT2D eigenvalue weighted by Crippen LogP contribution is -2.56. The topological polar surface area (TPSA) is 55.8 Å². The van der Waals surface area contributed by atoms with Crippen LogP contribution in [-0.2, 0) is 19.9 Å². The Kier molecular flexibility index (Phi) is 3.67. The Bertz CT molecular complexity index is 779. The van der Waals surface area contributed by atoms with Crippen molar-refractivity contribution in [3.05, 3.63) is 65.7 Å². The summed E-state index contributed by atoms with van der Waals surface area (Å²) in [6.07, 6.45) is 0.388. The van der Waals surface area contributed by atoms with Gasteiger partial charge < -0.3 is 9.47 Å². The van der Waals surface area contributed by atoms with E-state index in [1.165, 1.54) is 4.90 Å². The molecule has 0 aliphatic carbocycles. The molecule has 2 amide bonds. The molecule has 1 unspecified atom stereocenters. The third kappa shape index (κ3) is 2.17. The van der Waals surface area contributed by atoms with E-state index in [-0.39, 0.29) is 11.8 Å². The number of ether oxygens (including phenoxy) is 2. The SMILES string of the molecule is O=C1c2ccccc2C2(CCOCCO2)C(=O)N1c1ccccc1. The maximum atomic E-state index is 13.4. The Labute approximate surface area is 139 Å². The van der Waals surface area contributed by atoms with Gasteiger partial charge in [0.15, 0.2) is 5.60 Å². The zero-order chi connectivity index (χ0) is 16.6. The smallest absolute Gasteiger partial charge is 0.271 e. The lowest BCUT2D eigenvalue weighted by atomic mass is 9.81. The predicted molar refractivity (Wildman–Crippen MR) is 87.8 cm³/mol. The number of hydrogen-bond acceptors (Lipinski definition) is 4. The molecule has 1 spiro atoms. The number of imide groups is 1. The third-order valence-corrected chi connectivity index (χ3v) is 4.53. The van der Waals surface area contributed by atoms with Crippen molar-refractivity contribution in [2.45, 2.75) is 12.0 Å². The summed E-state index contributed by atoms with van der Waals surface area (Å²) in [5, 5.41) is 0. The maximum absolute atomic E-state index is 13.4. The number of amides is 2. The summed E-state index contributed by atoms with van der Waals surface area (Å²) < 4.78 is 11.5. The fourth-order valence-corrected chi connectivity index (χ4v) is 3.39. The predicted octanol–water partition coefficient (Wildman–Crippen LogP) is 2.51. The summed E-state index contributed by atoms with van der Waals surface area (Å²) in [5.74, 6) is -0.663. The summed E-state index contributed by atoms with van der Waals surface area (Å²) in [6.45, 7) is 1.17. The van der Waals surface area contributed by atoms with Crippen molar-refractivity contribution < 1.29 is 19.1 Å². The zero-order valence-corrected chi connectivity index (χ0v) is 13.1. The first-order chi connectivity index (χ1) is 11.7. The van der Waals surface area contributed by atoms with Crippen LogP contribution in [0.15, 0.2) is 54.6 Å². The Morgan fingerprint density at radius 2 is 1.62 bits per heavy atom. The lowest BCUT2D eigenvalue weighted by Gasteiger charge is -2.40. The average molecular weight is 323 g/mol. The monoisotopic (exact) mass is 323 g/mol. The molecule has 24 heavy (non-hydrogen) atoms. The molecule has 2 aromatic rings. The summed E-state index contributed by atoms with van der Waals surface area (Å²) >= 11 is 0. The minimum atomic E-state index is -1.17. The molecule has 1 fully saturated rings. The molecule has 2 aliphatic rings. The van der Waals surface area contributed by atoms with E-state index in [0.29, 0.717) is 43.1 Å². The molecular formula is C19H17NO4. The van der Waals surface area contributed by atoms with E-state index in [1.807, 2.05) is 12.1 Å². The summed E-state index contributed by atoms with van der Waals surface area (Å²) in [7, 11) is 0. The van der Waals surface area contributed by atoms with Crippen molar-refractivity contribution in [1.29, 1.82) is 0 Å². The quantitative estimate of drug-likeness (QED) is 0.757. The van der Waals surface area contributed by atoms with Gasteiger partial charge in [0, 0.05) is 17.5 Å². The van der Waals surface area contributed by atoms with Gasteiger partial charge in [0.05, 0.1) is 25.5 Å². The first-order valence-corrected chi connectivity index (χ1v) is 7.99. The molecule has 0 bridgehead atoms. The van der Waals surface area contributed by atoms with Crippen LogP contribution in [0.3, 0.4) is 0 Å². The highest BCUT2D eigenvalue weighted by Crippen LogP contribution is 2.41. The van der Waals surface area contributed by atoms with Crippen LogP contribution >= 0.6 is 0 Å². The summed E-state index contributed by atoms with van der Waals surface area (Å²) in [5.41, 5.74) is 0.521. The van der Waals surface area contributed by atoms with Crippen molar-refractivity contribution in [3.8, 4) is 0 Å². The van der Waals surface area contributed by atoms with Crippen LogP contribution in [0.1, 0.15) is 22.3 Å². The van der Waals surface area contributed by atoms with Crippen LogP contribution in [0.2, 0.25) is 0 Å². The molecular weight excluding hydrogens is 306 g/mol. The zero-order valence-electron chi connectivity index (χ0n) is 13.1. The molecule has 0 radical (unpaired) electrons. The Morgan fingerprint density at radius 1 is 0.875 bits per heavy atom. The highest BCUT2D eigenvalue weighted by atomic mass is 16.6. The Balaban J connectivity index is 1.92. The second-order valence-corrected chi connectivity index (χ2v) is 5.86. The van der Waals surface area contributed by atoms with Crippen LogP contribution in [0.25, 0.3) is 0 Å². The number of carbonyl (C=O) groups excluding carboxylic acids is 2. The third-order valence-electron chi connectivity index (χ3n) is 4.53. The van der Waals surface area contributed by atoms with Crippen molar-refractivity contribution >= 4 is 17.5 Å². The molecule has 2 heterocycles. The standard InChI is InChI=1S/C19H17NO4/c21-17-15-8-4-5-9-16(15)19(10-11-23-12-13-24-19)18(22)20(17)14-6-2-1-3-7-14/h1-9H,10-13H2. The molecule has 4 rings (SSSR count). The number of benzene rings is 2. The van der Waals surface area contributed by atoms with E-state index in [2.05, 4.69) is 0 Å². The minimum absolute atomic E-state index is 0.316. The fourth-order valence-electron chi connectivity index (χ4n) is 3.39. The van der Waals surface area contributed by atoms with Crippen molar-refractivity contribution in [2.75, 3.05) is 24.7 Å². The van der Waals surface area contributed by atoms with Gasteiger partial charge in [-0.25, -0.2) is 4.90 Å². The van der Waals surface area contributed by atoms with Gasteiger partial charge in [-0.15, -0.1) is 0 Å². The molecule has 0 aromatic heterocycles. The Morgan fingerprint density at radius 3 is 2.46 bits per heavy atom. The van der Waals surface area contributed by atoms with Gasteiger partial charge in [-0.05, 0) is 18.2 Å². The van der Waals surface area contributed by atoms with Gasteiger partial charge in [-0.3, -0.25) is 9.59 Å². The van der Waals surface area contributed by atoms with E-state index in [1.54, 1.807) is 42.5 Å². The second-order valence-electron chi connectivity index (χ2n) is 5.86. The number of rotatable bonds is 1. The van der Waals surface area contributed by atoms with Gasteiger partial charge in [0.1, 0.15) is 0 Å². The van der Waals surface area contributed by atoms with Crippen molar-refractivity contribution in [3.63, 3.8) is 0 Å². The highest BCUT2D eigenvalue weighted by molar-refractivity contribution is 6.27. The highest BCUT2D eigenvalue weighted by Gasteiger charge is 2.52. The molecule has 2 aromatic carbocycles. The second kappa shape index (κ2) is 5.85. The van der Waals surface area contributed by atoms with E-state index < -0.39 is 5.60 Å². The number of nitrogens with zero attached hydrogens (tertiary/aromatic N) is 1. The summed E-state index contributed by atoms with van der Waals surface area (Å²) in [4.78, 5) is 27.5. The van der Waals surface area contributed by atoms with Gasteiger partial charge in [0.25, 0.3) is 11.8 Å². The van der Waals surface area contributed by atoms with Gasteiger partial charge in [-0.2, -0.15) is 0 Å². The van der Waals surface area contributed by atoms with Crippen LogP contribution in [0.4, 0.5) is 5.69 Å². The largest absolute Gasteiger partial charge is 0.379 e. The van der Waals surface area contributed by atoms with Gasteiger partial charge >= 0.3 is 0 Å². The molecule has 0 saturated carbocycles. The molecule has 1 saturated heterocycles. The summed E-state index contributed by atoms with van der Waals surface area (Å²) in [6, 6.07) is 16.2. The number of fused-ring (bicyclic) bond motifs is 2.